The Morgan fingerprint density at radius 3 is 2.76 bits per heavy atom. The molecule has 3 aromatic heterocycles. The minimum absolute atomic E-state index is 0.00979. The van der Waals surface area contributed by atoms with E-state index in [0.717, 1.165) is 27.8 Å². The molecule has 0 saturated carbocycles. The molecule has 0 radical (unpaired) electrons. The predicted octanol–water partition coefficient (Wildman–Crippen LogP) is 5.56. The third-order valence-corrected chi connectivity index (χ3v) is 5.72. The Hall–Kier alpha value is -4.10. The van der Waals surface area contributed by atoms with E-state index in [9.17, 15) is 4.79 Å². The van der Waals surface area contributed by atoms with E-state index < -0.39 is 0 Å². The summed E-state index contributed by atoms with van der Waals surface area (Å²) >= 11 is 6.07. The van der Waals surface area contributed by atoms with Crippen molar-refractivity contribution in [1.29, 1.82) is 0 Å². The van der Waals surface area contributed by atoms with E-state index >= 15 is 0 Å². The number of carbonyl (C=O) groups is 1. The Labute approximate surface area is 201 Å². The summed E-state index contributed by atoms with van der Waals surface area (Å²) in [7, 11) is 1.84. The summed E-state index contributed by atoms with van der Waals surface area (Å²) in [6.45, 7) is 1.98. The van der Waals surface area contributed by atoms with Crippen LogP contribution in [0.25, 0.3) is 22.4 Å². The molecule has 0 aliphatic carbocycles. The van der Waals surface area contributed by atoms with Gasteiger partial charge in [-0.25, -0.2) is 9.97 Å². The molecule has 5 rings (SSSR count). The molecule has 8 heteroatoms. The second-order valence-corrected chi connectivity index (χ2v) is 8.50. The molecule has 0 fully saturated rings. The van der Waals surface area contributed by atoms with E-state index in [4.69, 9.17) is 16.6 Å². The van der Waals surface area contributed by atoms with Gasteiger partial charge in [0.05, 0.1) is 5.39 Å². The van der Waals surface area contributed by atoms with Gasteiger partial charge in [0, 0.05) is 53.9 Å². The Morgan fingerprint density at radius 1 is 1.09 bits per heavy atom. The third-order valence-electron chi connectivity index (χ3n) is 5.48. The molecule has 0 atom stereocenters. The maximum absolute atomic E-state index is 13.0. The van der Waals surface area contributed by atoms with E-state index in [-0.39, 0.29) is 12.2 Å². The van der Waals surface area contributed by atoms with Crippen LogP contribution in [0.1, 0.15) is 21.5 Å². The van der Waals surface area contributed by atoms with Crippen molar-refractivity contribution < 1.29 is 4.79 Å². The van der Waals surface area contributed by atoms with Gasteiger partial charge in [-0.2, -0.15) is 5.10 Å². The fourth-order valence-electron chi connectivity index (χ4n) is 3.73. The van der Waals surface area contributed by atoms with Crippen LogP contribution in [-0.2, 0) is 13.5 Å². The number of anilines is 2. The summed E-state index contributed by atoms with van der Waals surface area (Å²) in [5.41, 5.74) is 4.62. The maximum atomic E-state index is 13.0. The van der Waals surface area contributed by atoms with Crippen molar-refractivity contribution in [2.45, 2.75) is 13.3 Å². The molecule has 0 spiro atoms. The van der Waals surface area contributed by atoms with Crippen molar-refractivity contribution in [3.8, 4) is 11.4 Å². The van der Waals surface area contributed by atoms with Gasteiger partial charge in [0.2, 0.25) is 0 Å². The zero-order chi connectivity index (χ0) is 23.7. The van der Waals surface area contributed by atoms with Crippen molar-refractivity contribution in [3.63, 3.8) is 0 Å². The van der Waals surface area contributed by atoms with E-state index in [2.05, 4.69) is 20.4 Å². The fourth-order valence-corrected chi connectivity index (χ4v) is 3.94. The summed E-state index contributed by atoms with van der Waals surface area (Å²) in [6, 6.07) is 16.7. The quantitative estimate of drug-likeness (QED) is 0.328. The first-order valence-corrected chi connectivity index (χ1v) is 11.1. The minimum atomic E-state index is 0.00979. The average Bonchev–Trinajstić information content (AvgIpc) is 3.21. The van der Waals surface area contributed by atoms with Crippen LogP contribution >= 0.6 is 11.6 Å². The number of nitrogens with zero attached hydrogens (tertiary/aromatic N) is 5. The van der Waals surface area contributed by atoms with Crippen molar-refractivity contribution in [1.82, 2.24) is 24.7 Å². The van der Waals surface area contributed by atoms with E-state index in [0.29, 0.717) is 27.9 Å². The molecule has 0 aliphatic rings. The largest absolute Gasteiger partial charge is 0.339 e. The van der Waals surface area contributed by atoms with Crippen molar-refractivity contribution in [3.05, 3.63) is 94.9 Å². The van der Waals surface area contributed by atoms with E-state index in [1.165, 1.54) is 0 Å². The Balaban J connectivity index is 1.50. The molecular formula is C26H21ClN6O. The van der Waals surface area contributed by atoms with E-state index in [1.807, 2.05) is 68.7 Å². The number of rotatable bonds is 6. The SMILES string of the molecule is Cc1ccc(C(=O)Cc2cccc(Cl)c2)cc1Nc1nc(-c2cccnc2)nc2nn(C)cc12. The van der Waals surface area contributed by atoms with Crippen molar-refractivity contribution in [2.75, 3.05) is 5.32 Å². The number of ketones is 1. The summed E-state index contributed by atoms with van der Waals surface area (Å²) in [6.07, 6.45) is 5.56. The number of pyridine rings is 1. The monoisotopic (exact) mass is 468 g/mol. The first-order valence-electron chi connectivity index (χ1n) is 10.7. The molecule has 3 heterocycles. The van der Waals surface area contributed by atoms with Crippen LogP contribution in [0, 0.1) is 6.92 Å². The highest BCUT2D eigenvalue weighted by molar-refractivity contribution is 6.30. The van der Waals surface area contributed by atoms with Crippen LogP contribution in [0.3, 0.4) is 0 Å². The van der Waals surface area contributed by atoms with Crippen LogP contribution in [0.2, 0.25) is 5.02 Å². The van der Waals surface area contributed by atoms with Crippen LogP contribution < -0.4 is 5.32 Å². The van der Waals surface area contributed by atoms with Gasteiger partial charge in [-0.15, -0.1) is 0 Å². The zero-order valence-corrected chi connectivity index (χ0v) is 19.4. The van der Waals surface area contributed by atoms with Gasteiger partial charge >= 0.3 is 0 Å². The molecule has 0 unspecified atom stereocenters. The summed E-state index contributed by atoms with van der Waals surface area (Å²) < 4.78 is 1.70. The predicted molar refractivity (Wildman–Crippen MR) is 133 cm³/mol. The number of hydrogen-bond donors (Lipinski definition) is 1. The van der Waals surface area contributed by atoms with E-state index in [1.54, 1.807) is 23.1 Å². The summed E-state index contributed by atoms with van der Waals surface area (Å²) in [4.78, 5) is 26.5. The first-order chi connectivity index (χ1) is 16.5. The smallest absolute Gasteiger partial charge is 0.186 e. The molecule has 168 valence electrons. The van der Waals surface area contributed by atoms with Gasteiger partial charge in [0.15, 0.2) is 17.3 Å². The lowest BCUT2D eigenvalue weighted by molar-refractivity contribution is 0.0993. The molecule has 0 bridgehead atoms. The van der Waals surface area contributed by atoms with Crippen LogP contribution in [0.4, 0.5) is 11.5 Å². The lowest BCUT2D eigenvalue weighted by Gasteiger charge is -2.12. The maximum Gasteiger partial charge on any atom is 0.186 e. The summed E-state index contributed by atoms with van der Waals surface area (Å²) in [5, 5.41) is 9.27. The molecule has 7 nitrogen and oxygen atoms in total. The van der Waals surface area contributed by atoms with Crippen LogP contribution in [-0.4, -0.2) is 30.5 Å². The number of benzene rings is 2. The molecule has 5 aromatic rings. The summed E-state index contributed by atoms with van der Waals surface area (Å²) in [5.74, 6) is 1.14. The normalized spacial score (nSPS) is 11.0. The third kappa shape index (κ3) is 4.51. The second-order valence-electron chi connectivity index (χ2n) is 8.06. The average molecular weight is 469 g/mol. The Kier molecular flexibility index (Phi) is 5.77. The Morgan fingerprint density at radius 2 is 1.97 bits per heavy atom. The van der Waals surface area contributed by atoms with Crippen LogP contribution in [0.5, 0.6) is 0 Å². The highest BCUT2D eigenvalue weighted by atomic mass is 35.5. The van der Waals surface area contributed by atoms with Gasteiger partial charge < -0.3 is 5.32 Å². The number of aromatic nitrogens is 5. The number of fused-ring (bicyclic) bond motifs is 1. The number of halogens is 1. The number of carbonyl (C=O) groups excluding carboxylic acids is 1. The molecule has 2 aromatic carbocycles. The van der Waals surface area contributed by atoms with Gasteiger partial charge in [-0.1, -0.05) is 35.9 Å². The molecule has 34 heavy (non-hydrogen) atoms. The van der Waals surface area contributed by atoms with Gasteiger partial charge in [-0.3, -0.25) is 14.5 Å². The van der Waals surface area contributed by atoms with Crippen molar-refractivity contribution in [2.24, 2.45) is 7.05 Å². The molecule has 1 N–H and O–H groups in total. The second kappa shape index (κ2) is 9.03. The van der Waals surface area contributed by atoms with Crippen LogP contribution in [0.15, 0.2) is 73.2 Å². The highest BCUT2D eigenvalue weighted by Gasteiger charge is 2.15. The lowest BCUT2D eigenvalue weighted by atomic mass is 10.0. The number of nitrogens with one attached hydrogen (secondary N) is 1. The molecule has 0 aliphatic heterocycles. The zero-order valence-electron chi connectivity index (χ0n) is 18.7. The number of Topliss-reactive ketones (excluding diaryl/α,β-unsaturated/α-hetero) is 1. The lowest BCUT2D eigenvalue weighted by Crippen LogP contribution is -2.06. The van der Waals surface area contributed by atoms with Gasteiger partial charge in [0.1, 0.15) is 5.82 Å². The highest BCUT2D eigenvalue weighted by Crippen LogP contribution is 2.28. The number of hydrogen-bond acceptors (Lipinski definition) is 6. The van der Waals surface area contributed by atoms with Crippen molar-refractivity contribution >= 4 is 39.9 Å². The molecule has 0 amide bonds. The minimum Gasteiger partial charge on any atom is -0.339 e. The molecular weight excluding hydrogens is 448 g/mol. The molecule has 0 saturated heterocycles. The Bertz CT molecular complexity index is 1510. The topological polar surface area (TPSA) is 85.6 Å². The fraction of sp³-hybridized carbons (Fsp3) is 0.115. The number of aryl methyl sites for hydroxylation is 2. The first kappa shape index (κ1) is 21.7. The van der Waals surface area contributed by atoms with Gasteiger partial charge in [-0.05, 0) is 48.4 Å². The standard InChI is InChI=1S/C26H21ClN6O/c1-16-8-9-18(23(34)12-17-5-3-7-20(27)11-17)13-22(16)29-25-21-15-33(2)32-26(21)31-24(30-25)19-6-4-10-28-14-19/h3-11,13-15H,12H2,1-2H3,(H,29,30,31,32). The van der Waals surface area contributed by atoms with Gasteiger partial charge in [0.25, 0.3) is 0 Å².